The standard InChI is InChI=1S/C7H5ClN4O6/c1-9(12(17)18)7-5(8)2-4(10(13)14)3-6(7)11(15)16/h2-3H,1H3. The average Bonchev–Trinajstić information content (AvgIpc) is 2.26. The summed E-state index contributed by atoms with van der Waals surface area (Å²) in [6.45, 7) is 0. The van der Waals surface area contributed by atoms with Gasteiger partial charge in [0.2, 0.25) is 5.69 Å². The van der Waals surface area contributed by atoms with E-state index >= 15 is 0 Å². The molecule has 10 nitrogen and oxygen atoms in total. The molecule has 0 heterocycles. The van der Waals surface area contributed by atoms with Gasteiger partial charge in [-0.05, 0) is 0 Å². The Morgan fingerprint density at radius 3 is 2.06 bits per heavy atom. The summed E-state index contributed by atoms with van der Waals surface area (Å²) in [6, 6.07) is 1.42. The van der Waals surface area contributed by atoms with Crippen LogP contribution in [0.4, 0.5) is 17.1 Å². The smallest absolute Gasteiger partial charge is 0.258 e. The molecule has 0 N–H and O–H groups in total. The van der Waals surface area contributed by atoms with Crippen molar-refractivity contribution in [2.75, 3.05) is 12.1 Å². The Kier molecular flexibility index (Phi) is 3.61. The normalized spacial score (nSPS) is 9.89. The Labute approximate surface area is 104 Å². The maximum atomic E-state index is 10.8. The predicted molar refractivity (Wildman–Crippen MR) is 60.2 cm³/mol. The molecule has 1 aromatic rings. The van der Waals surface area contributed by atoms with Crippen LogP contribution in [0.3, 0.4) is 0 Å². The minimum absolute atomic E-state index is 0.324. The molecule has 0 aliphatic heterocycles. The molecule has 0 aliphatic rings. The maximum absolute atomic E-state index is 10.8. The molecule has 11 heteroatoms. The van der Waals surface area contributed by atoms with Crippen molar-refractivity contribution >= 4 is 28.7 Å². The number of nitrogens with zero attached hydrogens (tertiary/aromatic N) is 4. The van der Waals surface area contributed by atoms with Gasteiger partial charge in [0.1, 0.15) is 0 Å². The highest BCUT2D eigenvalue weighted by Gasteiger charge is 2.30. The first-order valence-electron chi connectivity index (χ1n) is 4.26. The third kappa shape index (κ3) is 2.43. The highest BCUT2D eigenvalue weighted by atomic mass is 35.5. The number of nitro groups is 3. The number of anilines is 1. The third-order valence-electron chi connectivity index (χ3n) is 2.00. The van der Waals surface area contributed by atoms with Gasteiger partial charge < -0.3 is 0 Å². The van der Waals surface area contributed by atoms with Crippen molar-refractivity contribution in [3.8, 4) is 0 Å². The van der Waals surface area contributed by atoms with Crippen molar-refractivity contribution in [2.45, 2.75) is 0 Å². The fraction of sp³-hybridized carbons (Fsp3) is 0.143. The van der Waals surface area contributed by atoms with Crippen molar-refractivity contribution in [3.63, 3.8) is 0 Å². The summed E-state index contributed by atoms with van der Waals surface area (Å²) in [7, 11) is 0.944. The SMILES string of the molecule is CN(c1c(Cl)cc([N+](=O)[O-])cc1[N+](=O)[O-])[N+](=O)[O-]. The predicted octanol–water partition coefficient (Wildman–Crippen LogP) is 1.78. The number of hydrogen-bond acceptors (Lipinski definition) is 6. The summed E-state index contributed by atoms with van der Waals surface area (Å²) in [4.78, 5) is 30.0. The van der Waals surface area contributed by atoms with Gasteiger partial charge in [0.05, 0.1) is 28.0 Å². The van der Waals surface area contributed by atoms with E-state index in [1.165, 1.54) is 0 Å². The first-order valence-corrected chi connectivity index (χ1v) is 4.64. The van der Waals surface area contributed by atoms with Gasteiger partial charge in [0.15, 0.2) is 5.03 Å². The lowest BCUT2D eigenvalue weighted by Gasteiger charge is -2.10. The zero-order valence-corrected chi connectivity index (χ0v) is 9.53. The van der Waals surface area contributed by atoms with Gasteiger partial charge >= 0.3 is 5.69 Å². The van der Waals surface area contributed by atoms with E-state index in [9.17, 15) is 30.3 Å². The topological polar surface area (TPSA) is 133 Å². The maximum Gasteiger partial charge on any atom is 0.307 e. The summed E-state index contributed by atoms with van der Waals surface area (Å²) < 4.78 is 0. The van der Waals surface area contributed by atoms with Gasteiger partial charge in [-0.25, -0.2) is 10.1 Å². The van der Waals surface area contributed by atoms with Crippen LogP contribution in [-0.2, 0) is 0 Å². The second-order valence-electron chi connectivity index (χ2n) is 3.07. The van der Waals surface area contributed by atoms with Gasteiger partial charge in [-0.3, -0.25) is 20.2 Å². The van der Waals surface area contributed by atoms with Crippen LogP contribution < -0.4 is 5.01 Å². The molecule has 96 valence electrons. The van der Waals surface area contributed by atoms with Gasteiger partial charge in [0.25, 0.3) is 5.69 Å². The molecule has 0 saturated carbocycles. The lowest BCUT2D eigenvalue weighted by molar-refractivity contribution is -0.491. The zero-order chi connectivity index (χ0) is 14.0. The number of benzene rings is 1. The van der Waals surface area contributed by atoms with Crippen LogP contribution >= 0.6 is 11.6 Å². The molecule has 0 aromatic heterocycles. The molecule has 0 saturated heterocycles. The van der Waals surface area contributed by atoms with Gasteiger partial charge in [-0.1, -0.05) is 16.6 Å². The van der Waals surface area contributed by atoms with Crippen LogP contribution in [0.1, 0.15) is 0 Å². The Morgan fingerprint density at radius 1 is 1.11 bits per heavy atom. The van der Waals surface area contributed by atoms with Crippen molar-refractivity contribution in [2.24, 2.45) is 0 Å². The van der Waals surface area contributed by atoms with Crippen LogP contribution in [0.15, 0.2) is 12.1 Å². The lowest BCUT2D eigenvalue weighted by atomic mass is 10.2. The lowest BCUT2D eigenvalue weighted by Crippen LogP contribution is -2.25. The van der Waals surface area contributed by atoms with Crippen LogP contribution in [0.5, 0.6) is 0 Å². The monoisotopic (exact) mass is 276 g/mol. The Bertz CT molecular complexity index is 547. The van der Waals surface area contributed by atoms with E-state index in [1.807, 2.05) is 0 Å². The summed E-state index contributed by atoms with van der Waals surface area (Å²) in [5, 5.41) is 30.8. The number of hydrogen-bond donors (Lipinski definition) is 0. The molecular formula is C7H5ClN4O6. The van der Waals surface area contributed by atoms with E-state index < -0.39 is 37.0 Å². The Hall–Kier alpha value is -2.49. The number of rotatable bonds is 4. The van der Waals surface area contributed by atoms with E-state index in [0.29, 0.717) is 11.1 Å². The second-order valence-corrected chi connectivity index (χ2v) is 3.48. The number of hydrazine groups is 1. The fourth-order valence-corrected chi connectivity index (χ4v) is 1.55. The number of non-ortho nitro benzene ring substituents is 1. The molecule has 0 fully saturated rings. The van der Waals surface area contributed by atoms with Crippen molar-refractivity contribution < 1.29 is 14.9 Å². The van der Waals surface area contributed by atoms with Gasteiger partial charge in [0, 0.05) is 6.07 Å². The molecule has 1 rings (SSSR count). The van der Waals surface area contributed by atoms with Crippen LogP contribution in [0.2, 0.25) is 5.02 Å². The molecule has 1 aromatic carbocycles. The van der Waals surface area contributed by atoms with Crippen molar-refractivity contribution in [3.05, 3.63) is 47.5 Å². The third-order valence-corrected chi connectivity index (χ3v) is 2.29. The minimum atomic E-state index is -0.978. The molecular weight excluding hydrogens is 272 g/mol. The molecule has 0 atom stereocenters. The Balaban J connectivity index is 3.55. The van der Waals surface area contributed by atoms with Gasteiger partial charge in [-0.15, -0.1) is 0 Å². The molecule has 0 aliphatic carbocycles. The number of halogens is 1. The van der Waals surface area contributed by atoms with Crippen LogP contribution in [0, 0.1) is 30.3 Å². The van der Waals surface area contributed by atoms with E-state index in [0.717, 1.165) is 13.1 Å². The molecule has 0 spiro atoms. The first-order chi connectivity index (χ1) is 8.25. The largest absolute Gasteiger partial charge is 0.307 e. The molecule has 0 radical (unpaired) electrons. The molecule has 18 heavy (non-hydrogen) atoms. The molecule has 0 bridgehead atoms. The van der Waals surface area contributed by atoms with E-state index in [1.54, 1.807) is 0 Å². The van der Waals surface area contributed by atoms with E-state index in [-0.39, 0.29) is 0 Å². The second kappa shape index (κ2) is 4.79. The minimum Gasteiger partial charge on any atom is -0.258 e. The quantitative estimate of drug-likeness (QED) is 0.604. The summed E-state index contributed by atoms with van der Waals surface area (Å²) in [5.74, 6) is 0. The fourth-order valence-electron chi connectivity index (χ4n) is 1.22. The van der Waals surface area contributed by atoms with Crippen LogP contribution in [-0.4, -0.2) is 21.9 Å². The van der Waals surface area contributed by atoms with E-state index in [4.69, 9.17) is 11.6 Å². The molecule has 0 unspecified atom stereocenters. The van der Waals surface area contributed by atoms with Crippen molar-refractivity contribution in [1.82, 2.24) is 0 Å². The number of nitro benzene ring substituents is 2. The Morgan fingerprint density at radius 2 is 1.67 bits per heavy atom. The van der Waals surface area contributed by atoms with Crippen LogP contribution in [0.25, 0.3) is 0 Å². The summed E-state index contributed by atoms with van der Waals surface area (Å²) in [5.41, 5.74) is -1.95. The summed E-state index contributed by atoms with van der Waals surface area (Å²) in [6.07, 6.45) is 0. The average molecular weight is 277 g/mol. The van der Waals surface area contributed by atoms with E-state index in [2.05, 4.69) is 0 Å². The highest BCUT2D eigenvalue weighted by Crippen LogP contribution is 2.38. The summed E-state index contributed by atoms with van der Waals surface area (Å²) >= 11 is 5.61. The molecule has 0 amide bonds. The van der Waals surface area contributed by atoms with Crippen molar-refractivity contribution in [1.29, 1.82) is 0 Å². The van der Waals surface area contributed by atoms with Gasteiger partial charge in [-0.2, -0.15) is 0 Å². The highest BCUT2D eigenvalue weighted by molar-refractivity contribution is 6.34. The first kappa shape index (κ1) is 13.6. The zero-order valence-electron chi connectivity index (χ0n) is 8.77.